The van der Waals surface area contributed by atoms with Crippen LogP contribution in [-0.2, 0) is 20.0 Å². The number of sulfonamides is 2. The Morgan fingerprint density at radius 2 is 1.28 bits per heavy atom. The summed E-state index contributed by atoms with van der Waals surface area (Å²) in [6.07, 6.45) is 0. The largest absolute Gasteiger partial charge is 0.246 e. The van der Waals surface area contributed by atoms with E-state index in [1.54, 1.807) is 0 Å². The maximum atomic E-state index is 14.0. The summed E-state index contributed by atoms with van der Waals surface area (Å²) in [4.78, 5) is -1.46. The summed E-state index contributed by atoms with van der Waals surface area (Å²) in [5.74, 6) is -4.40. The van der Waals surface area contributed by atoms with E-state index in [-0.39, 0.29) is 19.6 Å². The van der Waals surface area contributed by atoms with Crippen molar-refractivity contribution in [2.75, 3.05) is 19.6 Å². The van der Waals surface area contributed by atoms with E-state index in [2.05, 4.69) is 0 Å². The second kappa shape index (κ2) is 7.67. The molecule has 29 heavy (non-hydrogen) atoms. The molecule has 1 saturated heterocycles. The van der Waals surface area contributed by atoms with Crippen LogP contribution in [0, 0.1) is 23.3 Å². The van der Waals surface area contributed by atoms with Crippen LogP contribution < -0.4 is 0 Å². The molecule has 6 nitrogen and oxygen atoms in total. The minimum atomic E-state index is -4.36. The molecule has 1 unspecified atom stereocenters. The Labute approximate surface area is 165 Å². The van der Waals surface area contributed by atoms with Gasteiger partial charge in [0.2, 0.25) is 20.0 Å². The summed E-state index contributed by atoms with van der Waals surface area (Å²) in [6, 6.07) is 3.15. The van der Waals surface area contributed by atoms with Gasteiger partial charge in [-0.1, -0.05) is 0 Å². The average molecular weight is 452 g/mol. The summed E-state index contributed by atoms with van der Waals surface area (Å²) < 4.78 is 107. The van der Waals surface area contributed by atoms with Gasteiger partial charge >= 0.3 is 0 Å². The first-order valence-corrected chi connectivity index (χ1v) is 11.2. The van der Waals surface area contributed by atoms with Crippen molar-refractivity contribution in [2.24, 2.45) is 0 Å². The lowest BCUT2D eigenvalue weighted by Gasteiger charge is -2.38. The molecule has 0 aliphatic carbocycles. The number of nitrogens with zero attached hydrogens (tertiary/aromatic N) is 2. The molecular formula is C17H16F4N2O4S2. The van der Waals surface area contributed by atoms with Crippen molar-refractivity contribution in [3.8, 4) is 0 Å². The Kier molecular flexibility index (Phi) is 5.73. The second-order valence-corrected chi connectivity index (χ2v) is 10.2. The van der Waals surface area contributed by atoms with Gasteiger partial charge in [0.15, 0.2) is 0 Å². The molecule has 1 aliphatic rings. The standard InChI is InChI=1S/C17H16F4N2O4S2/c1-11-10-22(28(24,25)16-4-2-12(18)8-14(16)20)6-7-23(11)29(26,27)17-5-3-13(19)9-15(17)21/h2-5,8-9,11H,6-7,10H2,1H3. The van der Waals surface area contributed by atoms with Gasteiger partial charge in [0, 0.05) is 37.8 Å². The smallest absolute Gasteiger partial charge is 0.207 e. The normalized spacial score (nSPS) is 19.4. The molecule has 0 aromatic heterocycles. The molecule has 1 fully saturated rings. The molecule has 0 N–H and O–H groups in total. The van der Waals surface area contributed by atoms with Crippen molar-refractivity contribution >= 4 is 20.0 Å². The zero-order valence-electron chi connectivity index (χ0n) is 15.0. The van der Waals surface area contributed by atoms with Crippen molar-refractivity contribution in [3.63, 3.8) is 0 Å². The summed E-state index contributed by atoms with van der Waals surface area (Å²) >= 11 is 0. The quantitative estimate of drug-likeness (QED) is 0.668. The van der Waals surface area contributed by atoms with Gasteiger partial charge in [-0.15, -0.1) is 0 Å². The Balaban J connectivity index is 1.87. The third-order valence-electron chi connectivity index (χ3n) is 4.52. The van der Waals surface area contributed by atoms with Gasteiger partial charge in [-0.25, -0.2) is 34.4 Å². The molecule has 1 aliphatic heterocycles. The zero-order chi connectivity index (χ0) is 21.6. The summed E-state index contributed by atoms with van der Waals surface area (Å²) in [7, 11) is -8.70. The molecule has 12 heteroatoms. The van der Waals surface area contributed by atoms with E-state index in [0.29, 0.717) is 12.1 Å². The van der Waals surface area contributed by atoms with Gasteiger partial charge in [-0.3, -0.25) is 0 Å². The van der Waals surface area contributed by atoms with Crippen LogP contribution in [0.2, 0.25) is 0 Å². The van der Waals surface area contributed by atoms with E-state index < -0.39 is 59.1 Å². The molecule has 0 radical (unpaired) electrons. The van der Waals surface area contributed by atoms with E-state index in [4.69, 9.17) is 0 Å². The monoisotopic (exact) mass is 452 g/mol. The lowest BCUT2D eigenvalue weighted by atomic mass is 10.3. The van der Waals surface area contributed by atoms with Crippen LogP contribution in [0.5, 0.6) is 0 Å². The van der Waals surface area contributed by atoms with Gasteiger partial charge in [-0.05, 0) is 31.2 Å². The van der Waals surface area contributed by atoms with Gasteiger partial charge in [0.05, 0.1) is 0 Å². The lowest BCUT2D eigenvalue weighted by molar-refractivity contribution is 0.212. The van der Waals surface area contributed by atoms with Gasteiger partial charge < -0.3 is 0 Å². The number of hydrogen-bond acceptors (Lipinski definition) is 4. The number of hydrogen-bond donors (Lipinski definition) is 0. The first kappa shape index (κ1) is 21.7. The highest BCUT2D eigenvalue weighted by Crippen LogP contribution is 2.27. The highest BCUT2D eigenvalue weighted by Gasteiger charge is 2.39. The van der Waals surface area contributed by atoms with Crippen molar-refractivity contribution in [1.82, 2.24) is 8.61 Å². The topological polar surface area (TPSA) is 74.8 Å². The van der Waals surface area contributed by atoms with E-state index >= 15 is 0 Å². The number of piperazine rings is 1. The molecule has 0 saturated carbocycles. The lowest BCUT2D eigenvalue weighted by Crippen LogP contribution is -2.55. The molecule has 158 valence electrons. The first-order chi connectivity index (χ1) is 13.4. The zero-order valence-corrected chi connectivity index (χ0v) is 16.7. The number of rotatable bonds is 4. The molecule has 0 bridgehead atoms. The SMILES string of the molecule is CC1CN(S(=O)(=O)c2ccc(F)cc2F)CCN1S(=O)(=O)c1ccc(F)cc1F. The molecule has 0 spiro atoms. The Morgan fingerprint density at radius 3 is 1.72 bits per heavy atom. The van der Waals surface area contributed by atoms with Crippen LogP contribution in [0.4, 0.5) is 17.6 Å². The molecule has 3 rings (SSSR count). The maximum absolute atomic E-state index is 14.0. The van der Waals surface area contributed by atoms with Crippen molar-refractivity contribution in [3.05, 3.63) is 59.7 Å². The van der Waals surface area contributed by atoms with Gasteiger partial charge in [-0.2, -0.15) is 8.61 Å². The van der Waals surface area contributed by atoms with E-state index in [1.807, 2.05) is 0 Å². The fourth-order valence-electron chi connectivity index (χ4n) is 3.12. The van der Waals surface area contributed by atoms with E-state index in [1.165, 1.54) is 6.92 Å². The Bertz CT molecular complexity index is 1160. The van der Waals surface area contributed by atoms with Gasteiger partial charge in [0.1, 0.15) is 33.1 Å². The van der Waals surface area contributed by atoms with Crippen LogP contribution >= 0.6 is 0 Å². The van der Waals surface area contributed by atoms with Crippen LogP contribution in [0.3, 0.4) is 0 Å². The molecule has 1 heterocycles. The van der Waals surface area contributed by atoms with Crippen molar-refractivity contribution < 1.29 is 34.4 Å². The predicted octanol–water partition coefficient (Wildman–Crippen LogP) is 2.33. The Hall–Kier alpha value is -2.02. The third-order valence-corrected chi connectivity index (χ3v) is 8.47. The fraction of sp³-hybridized carbons (Fsp3) is 0.294. The minimum absolute atomic E-state index is 0.328. The summed E-state index contributed by atoms with van der Waals surface area (Å²) in [5, 5.41) is 0. The summed E-state index contributed by atoms with van der Waals surface area (Å²) in [5.41, 5.74) is 0. The molecule has 2 aromatic carbocycles. The Morgan fingerprint density at radius 1 is 0.793 bits per heavy atom. The van der Waals surface area contributed by atoms with E-state index in [0.717, 1.165) is 32.9 Å². The molecule has 0 amide bonds. The van der Waals surface area contributed by atoms with Crippen molar-refractivity contribution in [2.45, 2.75) is 22.8 Å². The molecular weight excluding hydrogens is 436 g/mol. The van der Waals surface area contributed by atoms with E-state index in [9.17, 15) is 34.4 Å². The third kappa shape index (κ3) is 4.02. The summed E-state index contributed by atoms with van der Waals surface area (Å²) in [6.45, 7) is 0.413. The second-order valence-electron chi connectivity index (χ2n) is 6.48. The number of benzene rings is 2. The maximum Gasteiger partial charge on any atom is 0.246 e. The predicted molar refractivity (Wildman–Crippen MR) is 94.8 cm³/mol. The van der Waals surface area contributed by atoms with Crippen LogP contribution in [0.15, 0.2) is 46.2 Å². The highest BCUT2D eigenvalue weighted by atomic mass is 32.2. The first-order valence-electron chi connectivity index (χ1n) is 8.36. The van der Waals surface area contributed by atoms with Crippen LogP contribution in [0.1, 0.15) is 6.92 Å². The minimum Gasteiger partial charge on any atom is -0.207 e. The van der Waals surface area contributed by atoms with Crippen LogP contribution in [-0.4, -0.2) is 51.1 Å². The molecule has 2 aromatic rings. The fourth-order valence-corrected chi connectivity index (χ4v) is 6.34. The average Bonchev–Trinajstić information content (AvgIpc) is 2.60. The van der Waals surface area contributed by atoms with Gasteiger partial charge in [0.25, 0.3) is 0 Å². The number of halogens is 4. The highest BCUT2D eigenvalue weighted by molar-refractivity contribution is 7.89. The molecule has 1 atom stereocenters. The van der Waals surface area contributed by atoms with Crippen LogP contribution in [0.25, 0.3) is 0 Å². The van der Waals surface area contributed by atoms with Crippen molar-refractivity contribution in [1.29, 1.82) is 0 Å².